The van der Waals surface area contributed by atoms with Gasteiger partial charge >= 0.3 is 0 Å². The van der Waals surface area contributed by atoms with Crippen LogP contribution in [-0.4, -0.2) is 42.1 Å². The number of hydrogen-bond acceptors (Lipinski definition) is 6. The van der Waals surface area contributed by atoms with E-state index in [1.165, 1.54) is 24.1 Å². The van der Waals surface area contributed by atoms with Crippen LogP contribution in [0.5, 0.6) is 5.75 Å². The number of anilines is 1. The average molecular weight is 406 g/mol. The maximum absolute atomic E-state index is 12.7. The fraction of sp³-hybridized carbons (Fsp3) is 0.435. The summed E-state index contributed by atoms with van der Waals surface area (Å²) in [7, 11) is 1.60. The summed E-state index contributed by atoms with van der Waals surface area (Å²) < 4.78 is 11.1. The molecule has 2 aliphatic rings. The van der Waals surface area contributed by atoms with Crippen molar-refractivity contribution in [2.45, 2.75) is 44.6 Å². The van der Waals surface area contributed by atoms with Crippen LogP contribution in [0, 0.1) is 0 Å². The minimum Gasteiger partial charge on any atom is -0.493 e. The zero-order valence-corrected chi connectivity index (χ0v) is 17.2. The second-order valence-electron chi connectivity index (χ2n) is 8.05. The molecule has 0 bridgehead atoms. The molecule has 0 unspecified atom stereocenters. The van der Waals surface area contributed by atoms with Gasteiger partial charge in [0.25, 0.3) is 5.91 Å². The number of furan rings is 1. The number of para-hydroxylation sites is 1. The lowest BCUT2D eigenvalue weighted by molar-refractivity contribution is 0.0905. The highest BCUT2D eigenvalue weighted by molar-refractivity contribution is 5.97. The molecule has 1 saturated heterocycles. The number of hydrogen-bond donors (Lipinski definition) is 1. The fourth-order valence-corrected chi connectivity index (χ4v) is 4.58. The lowest BCUT2D eigenvalue weighted by Crippen LogP contribution is -2.45. The van der Waals surface area contributed by atoms with Gasteiger partial charge in [-0.1, -0.05) is 12.1 Å². The van der Waals surface area contributed by atoms with Gasteiger partial charge in [0.15, 0.2) is 17.1 Å². The molecular formula is C23H26N4O3. The van der Waals surface area contributed by atoms with Crippen molar-refractivity contribution in [3.8, 4) is 5.75 Å². The zero-order chi connectivity index (χ0) is 20.5. The molecule has 2 aromatic heterocycles. The van der Waals surface area contributed by atoms with Crippen molar-refractivity contribution in [1.82, 2.24) is 15.3 Å². The van der Waals surface area contributed by atoms with E-state index in [4.69, 9.17) is 9.15 Å². The summed E-state index contributed by atoms with van der Waals surface area (Å²) in [5.41, 5.74) is 3.14. The Morgan fingerprint density at radius 3 is 2.87 bits per heavy atom. The number of ether oxygens (including phenoxy) is 1. The second-order valence-corrected chi connectivity index (χ2v) is 8.05. The van der Waals surface area contributed by atoms with Gasteiger partial charge in [-0.2, -0.15) is 0 Å². The molecule has 7 nitrogen and oxygen atoms in total. The van der Waals surface area contributed by atoms with Crippen molar-refractivity contribution in [1.29, 1.82) is 0 Å². The minimum absolute atomic E-state index is 0.126. The number of fused-ring (bicyclic) bond motifs is 2. The van der Waals surface area contributed by atoms with E-state index in [1.54, 1.807) is 19.5 Å². The van der Waals surface area contributed by atoms with E-state index < -0.39 is 0 Å². The Labute approximate surface area is 175 Å². The van der Waals surface area contributed by atoms with E-state index in [2.05, 4.69) is 20.2 Å². The number of aromatic nitrogens is 2. The SMILES string of the molecule is COc1cccc2cc(C(=O)NC3CCN(c4ncnc5c4CCCC5)CC3)oc12. The van der Waals surface area contributed by atoms with Crippen LogP contribution in [0.25, 0.3) is 11.0 Å². The van der Waals surface area contributed by atoms with Crippen LogP contribution in [0.1, 0.15) is 47.5 Å². The topological polar surface area (TPSA) is 80.5 Å². The van der Waals surface area contributed by atoms with Gasteiger partial charge in [0.1, 0.15) is 12.1 Å². The largest absolute Gasteiger partial charge is 0.493 e. The van der Waals surface area contributed by atoms with Crippen LogP contribution in [0.3, 0.4) is 0 Å². The van der Waals surface area contributed by atoms with Crippen LogP contribution < -0.4 is 15.0 Å². The van der Waals surface area contributed by atoms with Gasteiger partial charge in [0, 0.05) is 35.8 Å². The summed E-state index contributed by atoms with van der Waals surface area (Å²) in [5, 5.41) is 4.00. The van der Waals surface area contributed by atoms with E-state index in [9.17, 15) is 4.79 Å². The molecule has 1 aliphatic carbocycles. The number of benzene rings is 1. The number of amides is 1. The standard InChI is InChI=1S/C23H26N4O3/c1-29-19-8-4-5-15-13-20(30-21(15)19)23(28)26-16-9-11-27(12-10-16)22-17-6-2-3-7-18(17)24-14-25-22/h4-5,8,13-14,16H,2-3,6-7,9-12H2,1H3,(H,26,28). The Balaban J connectivity index is 1.24. The Hall–Kier alpha value is -3.09. The quantitative estimate of drug-likeness (QED) is 0.714. The first-order chi connectivity index (χ1) is 14.7. The van der Waals surface area contributed by atoms with E-state index in [0.29, 0.717) is 17.1 Å². The van der Waals surface area contributed by atoms with Crippen molar-refractivity contribution in [2.75, 3.05) is 25.1 Å². The smallest absolute Gasteiger partial charge is 0.287 e. The highest BCUT2D eigenvalue weighted by Gasteiger charge is 2.26. The van der Waals surface area contributed by atoms with E-state index >= 15 is 0 Å². The lowest BCUT2D eigenvalue weighted by Gasteiger charge is -2.34. The highest BCUT2D eigenvalue weighted by Crippen LogP contribution is 2.30. The first-order valence-electron chi connectivity index (χ1n) is 10.7. The first kappa shape index (κ1) is 18.9. The molecule has 1 aliphatic heterocycles. The van der Waals surface area contributed by atoms with Crippen molar-refractivity contribution >= 4 is 22.7 Å². The molecule has 156 valence electrons. The second kappa shape index (κ2) is 7.97. The van der Waals surface area contributed by atoms with Gasteiger partial charge in [0.2, 0.25) is 0 Å². The molecule has 3 aromatic rings. The molecule has 1 amide bonds. The predicted molar refractivity (Wildman–Crippen MR) is 114 cm³/mol. The molecule has 1 aromatic carbocycles. The number of nitrogens with one attached hydrogen (secondary N) is 1. The molecular weight excluding hydrogens is 380 g/mol. The maximum Gasteiger partial charge on any atom is 0.287 e. The molecule has 1 N–H and O–H groups in total. The average Bonchev–Trinajstić information content (AvgIpc) is 3.24. The van der Waals surface area contributed by atoms with Gasteiger partial charge in [-0.25, -0.2) is 9.97 Å². The predicted octanol–water partition coefficient (Wildman–Crippen LogP) is 3.51. The third-order valence-electron chi connectivity index (χ3n) is 6.18. The summed E-state index contributed by atoms with van der Waals surface area (Å²) in [4.78, 5) is 24.2. The zero-order valence-electron chi connectivity index (χ0n) is 17.2. The third kappa shape index (κ3) is 3.49. The molecule has 30 heavy (non-hydrogen) atoms. The summed E-state index contributed by atoms with van der Waals surface area (Å²) in [6, 6.07) is 7.53. The van der Waals surface area contributed by atoms with Crippen LogP contribution in [0.4, 0.5) is 5.82 Å². The number of rotatable bonds is 4. The van der Waals surface area contributed by atoms with E-state index in [1.807, 2.05) is 18.2 Å². The lowest BCUT2D eigenvalue weighted by atomic mass is 9.95. The Bertz CT molecular complexity index is 1070. The number of carbonyl (C=O) groups excluding carboxylic acids is 1. The third-order valence-corrected chi connectivity index (χ3v) is 6.18. The van der Waals surface area contributed by atoms with Gasteiger partial charge in [0.05, 0.1) is 7.11 Å². The van der Waals surface area contributed by atoms with Gasteiger partial charge < -0.3 is 19.4 Å². The first-order valence-corrected chi connectivity index (χ1v) is 10.7. The molecule has 0 spiro atoms. The van der Waals surface area contributed by atoms with Gasteiger partial charge in [-0.05, 0) is 50.7 Å². The van der Waals surface area contributed by atoms with Crippen molar-refractivity contribution in [3.05, 3.63) is 47.6 Å². The molecule has 3 heterocycles. The molecule has 7 heteroatoms. The van der Waals surface area contributed by atoms with Crippen LogP contribution in [0.2, 0.25) is 0 Å². The van der Waals surface area contributed by atoms with E-state index in [-0.39, 0.29) is 11.9 Å². The van der Waals surface area contributed by atoms with Gasteiger partial charge in [-0.3, -0.25) is 4.79 Å². The van der Waals surface area contributed by atoms with Crippen molar-refractivity contribution < 1.29 is 13.9 Å². The number of piperidine rings is 1. The molecule has 5 rings (SSSR count). The van der Waals surface area contributed by atoms with Crippen molar-refractivity contribution in [2.24, 2.45) is 0 Å². The molecule has 0 radical (unpaired) electrons. The van der Waals surface area contributed by atoms with Crippen LogP contribution in [0.15, 0.2) is 35.0 Å². The van der Waals surface area contributed by atoms with Crippen LogP contribution >= 0.6 is 0 Å². The molecule has 0 atom stereocenters. The summed E-state index contributed by atoms with van der Waals surface area (Å²) >= 11 is 0. The maximum atomic E-state index is 12.7. The fourth-order valence-electron chi connectivity index (χ4n) is 4.58. The number of carbonyl (C=O) groups is 1. The number of nitrogens with zero attached hydrogens (tertiary/aromatic N) is 3. The normalized spacial score (nSPS) is 17.0. The Morgan fingerprint density at radius 2 is 2.03 bits per heavy atom. The minimum atomic E-state index is -0.175. The Morgan fingerprint density at radius 1 is 1.20 bits per heavy atom. The number of methoxy groups -OCH3 is 1. The monoisotopic (exact) mass is 406 g/mol. The highest BCUT2D eigenvalue weighted by atomic mass is 16.5. The summed E-state index contributed by atoms with van der Waals surface area (Å²) in [5.74, 6) is 1.87. The Kier molecular flexibility index (Phi) is 5.02. The van der Waals surface area contributed by atoms with E-state index in [0.717, 1.165) is 50.0 Å². The van der Waals surface area contributed by atoms with Crippen molar-refractivity contribution in [3.63, 3.8) is 0 Å². The molecule has 1 fully saturated rings. The molecule has 0 saturated carbocycles. The summed E-state index contributed by atoms with van der Waals surface area (Å²) in [6.45, 7) is 1.75. The summed E-state index contributed by atoms with van der Waals surface area (Å²) in [6.07, 6.45) is 8.01. The van der Waals surface area contributed by atoms with Gasteiger partial charge in [-0.15, -0.1) is 0 Å². The number of aryl methyl sites for hydroxylation is 1. The van der Waals surface area contributed by atoms with Crippen LogP contribution in [-0.2, 0) is 12.8 Å².